The molecule has 4 rings (SSSR count). The number of piperazine rings is 1. The molecule has 1 aliphatic rings. The van der Waals surface area contributed by atoms with Crippen molar-refractivity contribution in [2.75, 3.05) is 49.8 Å². The number of aromatic nitrogens is 1. The minimum absolute atomic E-state index is 0.127. The van der Waals surface area contributed by atoms with E-state index in [0.717, 1.165) is 24.0 Å². The van der Waals surface area contributed by atoms with Gasteiger partial charge in [-0.05, 0) is 30.5 Å². The normalized spacial score (nSPS) is 14.1. The lowest BCUT2D eigenvalue weighted by atomic mass is 10.2. The number of para-hydroxylation sites is 2. The number of nitrogens with zero attached hydrogens (tertiary/aromatic N) is 3. The van der Waals surface area contributed by atoms with Gasteiger partial charge in [0.05, 0.1) is 18.3 Å². The van der Waals surface area contributed by atoms with E-state index < -0.39 is 0 Å². The molecule has 1 aromatic heterocycles. The van der Waals surface area contributed by atoms with Crippen molar-refractivity contribution in [3.63, 3.8) is 0 Å². The van der Waals surface area contributed by atoms with E-state index in [1.807, 2.05) is 35.2 Å². The van der Waals surface area contributed by atoms with Gasteiger partial charge in [0.25, 0.3) is 0 Å². The van der Waals surface area contributed by atoms with Gasteiger partial charge in [-0.1, -0.05) is 30.3 Å². The molecule has 0 atom stereocenters. The van der Waals surface area contributed by atoms with Crippen LogP contribution >= 0.6 is 11.8 Å². The van der Waals surface area contributed by atoms with Gasteiger partial charge >= 0.3 is 6.03 Å². The number of rotatable bonds is 4. The van der Waals surface area contributed by atoms with Crippen LogP contribution in [0.2, 0.25) is 0 Å². The maximum atomic E-state index is 12.8. The predicted octanol–water partition coefficient (Wildman–Crippen LogP) is 4.32. The molecule has 0 unspecified atom stereocenters. The summed E-state index contributed by atoms with van der Waals surface area (Å²) in [4.78, 5) is 22.8. The maximum absolute atomic E-state index is 12.8. The molecule has 150 valence electrons. The Hall–Kier alpha value is -2.93. The largest absolute Gasteiger partial charge is 0.479 e. The van der Waals surface area contributed by atoms with Gasteiger partial charge in [-0.3, -0.25) is 0 Å². The number of pyridine rings is 1. The molecular formula is C22H24N4O2S. The first-order valence-corrected chi connectivity index (χ1v) is 10.8. The Morgan fingerprint density at radius 1 is 1.07 bits per heavy atom. The molecule has 2 aromatic carbocycles. The Balaban J connectivity index is 1.45. The number of thioether (sulfide) groups is 1. The highest BCUT2D eigenvalue weighted by Crippen LogP contribution is 2.30. The molecule has 1 fully saturated rings. The van der Waals surface area contributed by atoms with Crippen LogP contribution in [0.3, 0.4) is 0 Å². The third kappa shape index (κ3) is 4.10. The molecule has 0 radical (unpaired) electrons. The fourth-order valence-electron chi connectivity index (χ4n) is 3.58. The Labute approximate surface area is 174 Å². The quantitative estimate of drug-likeness (QED) is 0.652. The van der Waals surface area contributed by atoms with Gasteiger partial charge in [0.15, 0.2) is 0 Å². The summed E-state index contributed by atoms with van der Waals surface area (Å²) < 4.78 is 5.39. The predicted molar refractivity (Wildman–Crippen MR) is 119 cm³/mol. The molecule has 1 aliphatic heterocycles. The summed E-state index contributed by atoms with van der Waals surface area (Å²) in [5, 5.41) is 3.94. The summed E-state index contributed by atoms with van der Waals surface area (Å²) in [5.41, 5.74) is 2.66. The molecule has 0 saturated carbocycles. The van der Waals surface area contributed by atoms with Crippen LogP contribution < -0.4 is 15.0 Å². The van der Waals surface area contributed by atoms with Gasteiger partial charge in [0.1, 0.15) is 5.69 Å². The molecule has 2 amide bonds. The van der Waals surface area contributed by atoms with Crippen LogP contribution in [0.1, 0.15) is 0 Å². The van der Waals surface area contributed by atoms with E-state index in [9.17, 15) is 4.79 Å². The van der Waals surface area contributed by atoms with Gasteiger partial charge in [-0.15, -0.1) is 11.8 Å². The van der Waals surface area contributed by atoms with Crippen LogP contribution in [0.5, 0.6) is 5.88 Å². The van der Waals surface area contributed by atoms with Crippen LogP contribution in [0, 0.1) is 0 Å². The lowest BCUT2D eigenvalue weighted by Crippen LogP contribution is -2.50. The van der Waals surface area contributed by atoms with Gasteiger partial charge in [0, 0.05) is 36.5 Å². The van der Waals surface area contributed by atoms with Crippen LogP contribution in [0.25, 0.3) is 10.9 Å². The number of amides is 2. The second kappa shape index (κ2) is 8.61. The number of nitrogens with one attached hydrogen (secondary N) is 1. The lowest BCUT2D eigenvalue weighted by molar-refractivity contribution is 0.208. The van der Waals surface area contributed by atoms with Gasteiger partial charge < -0.3 is 19.9 Å². The van der Waals surface area contributed by atoms with E-state index in [4.69, 9.17) is 4.74 Å². The summed E-state index contributed by atoms with van der Waals surface area (Å²) in [6.45, 7) is 2.94. The van der Waals surface area contributed by atoms with E-state index in [0.29, 0.717) is 24.7 Å². The Morgan fingerprint density at radius 3 is 2.55 bits per heavy atom. The molecule has 1 N–H and O–H groups in total. The molecule has 3 aromatic rings. The van der Waals surface area contributed by atoms with E-state index in [2.05, 4.69) is 45.7 Å². The fraction of sp³-hybridized carbons (Fsp3) is 0.273. The zero-order chi connectivity index (χ0) is 20.2. The summed E-state index contributed by atoms with van der Waals surface area (Å²) in [6.07, 6.45) is 2.09. The zero-order valence-electron chi connectivity index (χ0n) is 16.6. The van der Waals surface area contributed by atoms with Crippen molar-refractivity contribution in [3.05, 3.63) is 54.6 Å². The van der Waals surface area contributed by atoms with E-state index >= 15 is 0 Å². The first-order chi connectivity index (χ1) is 14.2. The molecule has 29 heavy (non-hydrogen) atoms. The number of carbonyl (C=O) groups excluding carboxylic acids is 1. The summed E-state index contributed by atoms with van der Waals surface area (Å²) in [7, 11) is 1.56. The van der Waals surface area contributed by atoms with Crippen molar-refractivity contribution in [2.24, 2.45) is 0 Å². The molecule has 0 bridgehead atoms. The third-order valence-corrected chi connectivity index (χ3v) is 5.90. The lowest BCUT2D eigenvalue weighted by Gasteiger charge is -2.36. The highest BCUT2D eigenvalue weighted by atomic mass is 32.2. The molecule has 0 spiro atoms. The van der Waals surface area contributed by atoms with Gasteiger partial charge in [-0.2, -0.15) is 0 Å². The van der Waals surface area contributed by atoms with Crippen LogP contribution in [-0.4, -0.2) is 55.5 Å². The summed E-state index contributed by atoms with van der Waals surface area (Å²) in [5.74, 6) is 0.421. The van der Waals surface area contributed by atoms with Crippen molar-refractivity contribution in [1.29, 1.82) is 0 Å². The van der Waals surface area contributed by atoms with E-state index in [1.54, 1.807) is 18.9 Å². The van der Waals surface area contributed by atoms with Crippen LogP contribution in [0.4, 0.5) is 16.2 Å². The maximum Gasteiger partial charge on any atom is 0.322 e. The zero-order valence-corrected chi connectivity index (χ0v) is 17.4. The monoisotopic (exact) mass is 408 g/mol. The number of fused-ring (bicyclic) bond motifs is 1. The Morgan fingerprint density at radius 2 is 1.79 bits per heavy atom. The second-order valence-corrected chi connectivity index (χ2v) is 7.66. The number of benzene rings is 2. The molecule has 2 heterocycles. The molecular weight excluding hydrogens is 384 g/mol. The number of carbonyl (C=O) groups is 1. The van der Waals surface area contributed by atoms with Crippen molar-refractivity contribution >= 4 is 40.1 Å². The Bertz CT molecular complexity index is 1020. The number of anilines is 2. The topological polar surface area (TPSA) is 57.7 Å². The number of methoxy groups -OCH3 is 1. The average Bonchev–Trinajstić information content (AvgIpc) is 2.78. The number of urea groups is 1. The summed E-state index contributed by atoms with van der Waals surface area (Å²) >= 11 is 1.75. The Kier molecular flexibility index (Phi) is 5.76. The van der Waals surface area contributed by atoms with Crippen molar-refractivity contribution in [3.8, 4) is 5.88 Å². The van der Waals surface area contributed by atoms with Crippen LogP contribution in [0.15, 0.2) is 59.5 Å². The molecule has 0 aliphatic carbocycles. The number of hydrogen-bond acceptors (Lipinski definition) is 5. The average molecular weight is 409 g/mol. The van der Waals surface area contributed by atoms with Crippen molar-refractivity contribution < 1.29 is 9.53 Å². The van der Waals surface area contributed by atoms with Gasteiger partial charge in [0.2, 0.25) is 5.88 Å². The molecule has 7 heteroatoms. The fourth-order valence-corrected chi connectivity index (χ4v) is 4.20. The smallest absolute Gasteiger partial charge is 0.322 e. The summed E-state index contributed by atoms with van der Waals surface area (Å²) in [6, 6.07) is 18.0. The SMILES string of the molecule is COc1nc2ccccc2cc1NC(=O)N1CCN(c2ccccc2SC)CC1. The first kappa shape index (κ1) is 19.4. The first-order valence-electron chi connectivity index (χ1n) is 9.57. The van der Waals surface area contributed by atoms with E-state index in [-0.39, 0.29) is 6.03 Å². The minimum Gasteiger partial charge on any atom is -0.479 e. The second-order valence-electron chi connectivity index (χ2n) is 6.81. The highest BCUT2D eigenvalue weighted by molar-refractivity contribution is 7.98. The molecule has 6 nitrogen and oxygen atoms in total. The standard InChI is InChI=1S/C22H24N4O2S/c1-28-21-18(15-16-7-3-4-8-17(16)23-21)24-22(27)26-13-11-25(12-14-26)19-9-5-6-10-20(19)29-2/h3-10,15H,11-14H2,1-2H3,(H,24,27). The number of ether oxygens (including phenoxy) is 1. The molecule has 1 saturated heterocycles. The number of hydrogen-bond donors (Lipinski definition) is 1. The van der Waals surface area contributed by atoms with Crippen LogP contribution in [-0.2, 0) is 0 Å². The van der Waals surface area contributed by atoms with E-state index in [1.165, 1.54) is 10.6 Å². The van der Waals surface area contributed by atoms with Crippen molar-refractivity contribution in [2.45, 2.75) is 4.90 Å². The van der Waals surface area contributed by atoms with Gasteiger partial charge in [-0.25, -0.2) is 9.78 Å². The van der Waals surface area contributed by atoms with Crippen molar-refractivity contribution in [1.82, 2.24) is 9.88 Å². The highest BCUT2D eigenvalue weighted by Gasteiger charge is 2.23. The third-order valence-electron chi connectivity index (χ3n) is 5.12. The minimum atomic E-state index is -0.127.